The Morgan fingerprint density at radius 2 is 1.83 bits per heavy atom. The minimum Gasteiger partial charge on any atom is -0.259 e. The van der Waals surface area contributed by atoms with E-state index in [2.05, 4.69) is 0 Å². The lowest BCUT2D eigenvalue weighted by atomic mass is 10.2. The first-order chi connectivity index (χ1) is 5.70. The van der Waals surface area contributed by atoms with Gasteiger partial charge in [-0.05, 0) is 12.1 Å². The van der Waals surface area contributed by atoms with Crippen LogP contribution in [0.3, 0.4) is 0 Å². The van der Waals surface area contributed by atoms with Gasteiger partial charge in [0.15, 0.2) is 0 Å². The highest BCUT2D eigenvalue weighted by Crippen LogP contribution is 2.32. The van der Waals surface area contributed by atoms with E-state index in [-0.39, 0.29) is 0 Å². The summed E-state index contributed by atoms with van der Waals surface area (Å²) in [7, 11) is 0. The van der Waals surface area contributed by atoms with Crippen molar-refractivity contribution in [1.82, 2.24) is 4.09 Å². The van der Waals surface area contributed by atoms with Crippen LogP contribution in [0.15, 0.2) is 24.4 Å². The van der Waals surface area contributed by atoms with Crippen LogP contribution in [-0.4, -0.2) is 4.09 Å². The monoisotopic (exact) mass is 219 g/mol. The highest BCUT2D eigenvalue weighted by molar-refractivity contribution is 6.43. The largest absolute Gasteiger partial charge is 0.259 e. The summed E-state index contributed by atoms with van der Waals surface area (Å²) in [5.41, 5.74) is 0.828. The molecular weight excluding hydrogens is 216 g/mol. The lowest BCUT2D eigenvalue weighted by Gasteiger charge is -1.94. The Bertz CT molecular complexity index is 433. The van der Waals surface area contributed by atoms with E-state index in [1.54, 1.807) is 12.3 Å². The van der Waals surface area contributed by atoms with Gasteiger partial charge >= 0.3 is 0 Å². The third kappa shape index (κ3) is 1.09. The normalized spacial score (nSPS) is 10.9. The Kier molecular flexibility index (Phi) is 1.95. The third-order valence-electron chi connectivity index (χ3n) is 1.69. The number of rotatable bonds is 0. The molecule has 0 saturated carbocycles. The predicted octanol–water partition coefficient (Wildman–Crippen LogP) is 3.95. The topological polar surface area (TPSA) is 4.93 Å². The molecule has 0 radical (unpaired) electrons. The van der Waals surface area contributed by atoms with Crippen LogP contribution in [0, 0.1) is 0 Å². The zero-order valence-corrected chi connectivity index (χ0v) is 8.16. The van der Waals surface area contributed by atoms with Crippen molar-refractivity contribution in [3.05, 3.63) is 34.4 Å². The number of aromatic nitrogens is 1. The fraction of sp³-hybridized carbons (Fsp3) is 0. The zero-order valence-electron chi connectivity index (χ0n) is 5.89. The smallest absolute Gasteiger partial charge is 0.0691 e. The van der Waals surface area contributed by atoms with E-state index in [9.17, 15) is 0 Å². The Balaban J connectivity index is 2.99. The van der Waals surface area contributed by atoms with Gasteiger partial charge in [-0.15, -0.1) is 0 Å². The van der Waals surface area contributed by atoms with Crippen molar-refractivity contribution < 1.29 is 0 Å². The summed E-state index contributed by atoms with van der Waals surface area (Å²) in [5, 5.41) is 2.00. The Labute approximate surface area is 84.6 Å². The minimum atomic E-state index is 0.575. The quantitative estimate of drug-likeness (QED) is 0.633. The molecule has 0 unspecified atom stereocenters. The summed E-state index contributed by atoms with van der Waals surface area (Å²) in [4.78, 5) is 0. The van der Waals surface area contributed by atoms with Crippen LogP contribution in [0.5, 0.6) is 0 Å². The van der Waals surface area contributed by atoms with Crippen LogP contribution in [0.4, 0.5) is 0 Å². The Hall–Kier alpha value is -0.370. The fourth-order valence-electron chi connectivity index (χ4n) is 1.16. The molecule has 0 bridgehead atoms. The van der Waals surface area contributed by atoms with Crippen LogP contribution < -0.4 is 0 Å². The third-order valence-corrected chi connectivity index (χ3v) is 2.57. The number of halogens is 3. The standard InChI is InChI=1S/C8H4Cl3N/c9-5-2-1-3-7-8(5)6(10)4-12(7)11/h1-4H. The van der Waals surface area contributed by atoms with Crippen LogP contribution in [0.25, 0.3) is 10.9 Å². The molecule has 2 rings (SSSR count). The number of hydrogen-bond donors (Lipinski definition) is 0. The number of nitrogens with zero attached hydrogens (tertiary/aromatic N) is 1. The number of fused-ring (bicyclic) bond motifs is 1. The first-order valence-electron chi connectivity index (χ1n) is 3.31. The van der Waals surface area contributed by atoms with Gasteiger partial charge in [0.2, 0.25) is 0 Å². The Morgan fingerprint density at radius 3 is 2.50 bits per heavy atom. The molecule has 1 nitrogen and oxygen atoms in total. The van der Waals surface area contributed by atoms with Crippen LogP contribution in [-0.2, 0) is 0 Å². The predicted molar refractivity (Wildman–Crippen MR) is 53.2 cm³/mol. The molecule has 1 aromatic carbocycles. The van der Waals surface area contributed by atoms with E-state index in [4.69, 9.17) is 35.0 Å². The highest BCUT2D eigenvalue weighted by Gasteiger charge is 2.07. The number of benzene rings is 1. The molecule has 4 heteroatoms. The molecule has 2 aromatic rings. The van der Waals surface area contributed by atoms with Gasteiger partial charge in [0.25, 0.3) is 0 Å². The van der Waals surface area contributed by atoms with Crippen molar-refractivity contribution in [3.63, 3.8) is 0 Å². The molecule has 0 saturated heterocycles. The van der Waals surface area contributed by atoms with Gasteiger partial charge in [0.05, 0.1) is 15.6 Å². The molecular formula is C8H4Cl3N. The second-order valence-electron chi connectivity index (χ2n) is 2.42. The highest BCUT2D eigenvalue weighted by atomic mass is 35.5. The van der Waals surface area contributed by atoms with E-state index in [1.807, 2.05) is 12.1 Å². The van der Waals surface area contributed by atoms with Crippen molar-refractivity contribution in [2.75, 3.05) is 0 Å². The summed E-state index contributed by atoms with van der Waals surface area (Å²) in [5.74, 6) is 0. The fourth-order valence-corrected chi connectivity index (χ4v) is 2.07. The molecule has 0 aliphatic carbocycles. The van der Waals surface area contributed by atoms with E-state index in [1.165, 1.54) is 4.09 Å². The first kappa shape index (κ1) is 8.24. The lowest BCUT2D eigenvalue weighted by Crippen LogP contribution is -1.74. The van der Waals surface area contributed by atoms with Crippen molar-refractivity contribution in [2.24, 2.45) is 0 Å². The van der Waals surface area contributed by atoms with Crippen molar-refractivity contribution in [1.29, 1.82) is 0 Å². The Morgan fingerprint density at radius 1 is 1.08 bits per heavy atom. The van der Waals surface area contributed by atoms with Crippen molar-refractivity contribution in [3.8, 4) is 0 Å². The molecule has 0 aliphatic rings. The summed E-state index contributed by atoms with van der Waals surface area (Å²) in [6.45, 7) is 0. The van der Waals surface area contributed by atoms with Gasteiger partial charge in [0.1, 0.15) is 0 Å². The van der Waals surface area contributed by atoms with E-state index >= 15 is 0 Å². The molecule has 1 heterocycles. The van der Waals surface area contributed by atoms with Crippen molar-refractivity contribution in [2.45, 2.75) is 0 Å². The zero-order chi connectivity index (χ0) is 8.72. The summed E-state index contributed by atoms with van der Waals surface area (Å²) < 4.78 is 1.43. The summed E-state index contributed by atoms with van der Waals surface area (Å²) in [6.07, 6.45) is 1.62. The maximum absolute atomic E-state index is 5.92. The lowest BCUT2D eigenvalue weighted by molar-refractivity contribution is 1.33. The maximum Gasteiger partial charge on any atom is 0.0691 e. The average molecular weight is 220 g/mol. The minimum absolute atomic E-state index is 0.575. The average Bonchev–Trinajstić information content (AvgIpc) is 2.29. The first-order valence-corrected chi connectivity index (χ1v) is 4.41. The van der Waals surface area contributed by atoms with Gasteiger partial charge in [-0.25, -0.2) is 0 Å². The molecule has 0 spiro atoms. The van der Waals surface area contributed by atoms with Crippen LogP contribution in [0.2, 0.25) is 10.0 Å². The second-order valence-corrected chi connectivity index (χ2v) is 3.60. The maximum atomic E-state index is 5.92. The van der Waals surface area contributed by atoms with E-state index < -0.39 is 0 Å². The van der Waals surface area contributed by atoms with Gasteiger partial charge in [-0.2, -0.15) is 0 Å². The molecule has 62 valence electrons. The molecule has 0 amide bonds. The SMILES string of the molecule is Clc1cccc2c1c(Cl)cn2Cl. The van der Waals surface area contributed by atoms with Gasteiger partial charge in [0, 0.05) is 23.4 Å². The summed E-state index contributed by atoms with van der Waals surface area (Å²) >= 11 is 17.6. The molecule has 0 atom stereocenters. The van der Waals surface area contributed by atoms with E-state index in [0.717, 1.165) is 10.9 Å². The molecule has 12 heavy (non-hydrogen) atoms. The molecule has 0 N–H and O–H groups in total. The van der Waals surface area contributed by atoms with E-state index in [0.29, 0.717) is 10.0 Å². The molecule has 1 aromatic heterocycles. The molecule has 0 aliphatic heterocycles. The van der Waals surface area contributed by atoms with Crippen LogP contribution in [0.1, 0.15) is 0 Å². The van der Waals surface area contributed by atoms with Crippen molar-refractivity contribution >= 4 is 45.9 Å². The number of hydrogen-bond acceptors (Lipinski definition) is 0. The molecule has 0 fully saturated rings. The van der Waals surface area contributed by atoms with Gasteiger partial charge < -0.3 is 0 Å². The van der Waals surface area contributed by atoms with Gasteiger partial charge in [-0.1, -0.05) is 29.3 Å². The summed E-state index contributed by atoms with van der Waals surface area (Å²) in [6, 6.07) is 5.48. The van der Waals surface area contributed by atoms with Crippen LogP contribution >= 0.6 is 35.0 Å². The second kappa shape index (κ2) is 2.84. The van der Waals surface area contributed by atoms with Gasteiger partial charge in [-0.3, -0.25) is 4.09 Å².